The summed E-state index contributed by atoms with van der Waals surface area (Å²) in [6, 6.07) is 2.43. The van der Waals surface area contributed by atoms with Crippen LogP contribution >= 0.6 is 15.9 Å². The van der Waals surface area contributed by atoms with Crippen molar-refractivity contribution < 1.29 is 13.9 Å². The van der Waals surface area contributed by atoms with Gasteiger partial charge in [0.25, 0.3) is 0 Å². The Morgan fingerprint density at radius 3 is 2.60 bits per heavy atom. The maximum absolute atomic E-state index is 13.1. The van der Waals surface area contributed by atoms with Crippen molar-refractivity contribution in [3.63, 3.8) is 0 Å². The fourth-order valence-electron chi connectivity index (χ4n) is 1.28. The van der Waals surface area contributed by atoms with E-state index in [-0.39, 0.29) is 5.56 Å². The summed E-state index contributed by atoms with van der Waals surface area (Å²) in [6.45, 7) is 5.47. The molecule has 0 spiro atoms. The average molecular weight is 273 g/mol. The minimum atomic E-state index is -0.576. The third-order valence-electron chi connectivity index (χ3n) is 1.89. The van der Waals surface area contributed by atoms with Crippen molar-refractivity contribution in [3.05, 3.63) is 40.1 Å². The van der Waals surface area contributed by atoms with Crippen LogP contribution in [0, 0.1) is 5.82 Å². The molecule has 80 valence electrons. The Labute approximate surface area is 95.9 Å². The van der Waals surface area contributed by atoms with E-state index < -0.39 is 11.8 Å². The number of hydrogen-bond donors (Lipinski definition) is 0. The van der Waals surface area contributed by atoms with Crippen molar-refractivity contribution in [1.29, 1.82) is 0 Å². The van der Waals surface area contributed by atoms with Crippen LogP contribution in [0.1, 0.15) is 22.8 Å². The van der Waals surface area contributed by atoms with E-state index >= 15 is 0 Å². The fourth-order valence-corrected chi connectivity index (χ4v) is 2.05. The predicted octanol–water partition coefficient (Wildman–Crippen LogP) is 3.41. The number of rotatable bonds is 2. The van der Waals surface area contributed by atoms with E-state index in [1.807, 2.05) is 0 Å². The van der Waals surface area contributed by atoms with E-state index in [1.165, 1.54) is 13.2 Å². The number of allylic oxidation sites excluding steroid dienone is 1. The Morgan fingerprint density at radius 2 is 2.13 bits per heavy atom. The molecular weight excluding hydrogens is 263 g/mol. The number of benzene rings is 1. The minimum absolute atomic E-state index is 0.178. The van der Waals surface area contributed by atoms with Crippen molar-refractivity contribution in [2.24, 2.45) is 0 Å². The summed E-state index contributed by atoms with van der Waals surface area (Å²) in [6.07, 6.45) is 0. The van der Waals surface area contributed by atoms with Gasteiger partial charge in [0, 0.05) is 10.0 Å². The third-order valence-corrected chi connectivity index (χ3v) is 2.51. The third kappa shape index (κ3) is 2.45. The molecule has 2 nitrogen and oxygen atoms in total. The number of ether oxygens (including phenoxy) is 1. The molecule has 0 N–H and O–H groups in total. The highest BCUT2D eigenvalue weighted by atomic mass is 79.9. The fraction of sp³-hybridized carbons (Fsp3) is 0.182. The molecular formula is C11H10BrFO2. The molecule has 0 heterocycles. The molecule has 1 rings (SSSR count). The molecule has 4 heteroatoms. The number of halogens is 2. The number of methoxy groups -OCH3 is 1. The topological polar surface area (TPSA) is 26.3 Å². The molecule has 1 aromatic rings. The van der Waals surface area contributed by atoms with Gasteiger partial charge >= 0.3 is 5.97 Å². The smallest absolute Gasteiger partial charge is 0.338 e. The van der Waals surface area contributed by atoms with E-state index in [4.69, 9.17) is 0 Å². The highest BCUT2D eigenvalue weighted by molar-refractivity contribution is 9.10. The molecule has 0 unspecified atom stereocenters. The number of hydrogen-bond acceptors (Lipinski definition) is 2. The van der Waals surface area contributed by atoms with E-state index in [2.05, 4.69) is 27.2 Å². The van der Waals surface area contributed by atoms with Crippen LogP contribution in [0.15, 0.2) is 23.2 Å². The molecule has 0 aromatic heterocycles. The first-order valence-corrected chi connectivity index (χ1v) is 5.00. The Morgan fingerprint density at radius 1 is 1.53 bits per heavy atom. The summed E-state index contributed by atoms with van der Waals surface area (Å²) in [5.41, 5.74) is 1.42. The van der Waals surface area contributed by atoms with Crippen LogP contribution in [0.5, 0.6) is 0 Å². The summed E-state index contributed by atoms with van der Waals surface area (Å²) in [7, 11) is 1.25. The summed E-state index contributed by atoms with van der Waals surface area (Å²) >= 11 is 3.19. The van der Waals surface area contributed by atoms with E-state index in [0.717, 1.165) is 6.07 Å². The monoisotopic (exact) mass is 272 g/mol. The lowest BCUT2D eigenvalue weighted by molar-refractivity contribution is 0.0599. The summed E-state index contributed by atoms with van der Waals surface area (Å²) < 4.78 is 18.2. The quantitative estimate of drug-likeness (QED) is 0.772. The zero-order chi connectivity index (χ0) is 11.6. The van der Waals surface area contributed by atoms with Crippen molar-refractivity contribution >= 4 is 27.5 Å². The molecule has 0 saturated heterocycles. The lowest BCUT2D eigenvalue weighted by Gasteiger charge is -2.09. The predicted molar refractivity (Wildman–Crippen MR) is 60.1 cm³/mol. The lowest BCUT2D eigenvalue weighted by Crippen LogP contribution is -2.06. The van der Waals surface area contributed by atoms with Crippen molar-refractivity contribution in [1.82, 2.24) is 0 Å². The van der Waals surface area contributed by atoms with Crippen molar-refractivity contribution in [3.8, 4) is 0 Å². The van der Waals surface area contributed by atoms with Crippen LogP contribution in [0.4, 0.5) is 4.39 Å². The zero-order valence-corrected chi connectivity index (χ0v) is 10.0. The van der Waals surface area contributed by atoms with E-state index in [0.29, 0.717) is 15.6 Å². The number of carbonyl (C=O) groups excluding carboxylic acids is 1. The standard InChI is InChI=1S/C11H10BrFO2/c1-6(2)10-8(11(14)15-3)4-7(13)5-9(10)12/h4-5H,1H2,2-3H3. The second-order valence-electron chi connectivity index (χ2n) is 3.08. The highest BCUT2D eigenvalue weighted by Gasteiger charge is 2.16. The van der Waals surface area contributed by atoms with Gasteiger partial charge in [0.1, 0.15) is 5.82 Å². The van der Waals surface area contributed by atoms with E-state index in [9.17, 15) is 9.18 Å². The second kappa shape index (κ2) is 4.57. The maximum atomic E-state index is 13.1. The van der Waals surface area contributed by atoms with Crippen LogP contribution in [0.25, 0.3) is 5.57 Å². The average Bonchev–Trinajstić information content (AvgIpc) is 2.14. The molecule has 1 aromatic carbocycles. The van der Waals surface area contributed by atoms with Gasteiger partial charge in [-0.1, -0.05) is 22.5 Å². The lowest BCUT2D eigenvalue weighted by atomic mass is 10.0. The largest absolute Gasteiger partial charge is 0.465 e. The van der Waals surface area contributed by atoms with Crippen molar-refractivity contribution in [2.45, 2.75) is 6.92 Å². The van der Waals surface area contributed by atoms with Gasteiger partial charge in [-0.05, 0) is 24.6 Å². The van der Waals surface area contributed by atoms with Crippen molar-refractivity contribution in [2.75, 3.05) is 7.11 Å². The molecule has 0 radical (unpaired) electrons. The van der Waals surface area contributed by atoms with Crippen LogP contribution < -0.4 is 0 Å². The first-order chi connectivity index (χ1) is 6.97. The molecule has 0 atom stereocenters. The summed E-state index contributed by atoms with van der Waals surface area (Å²) in [5.74, 6) is -1.07. The Hall–Kier alpha value is -1.16. The van der Waals surface area contributed by atoms with Gasteiger partial charge in [-0.25, -0.2) is 9.18 Å². The van der Waals surface area contributed by atoms with Gasteiger partial charge < -0.3 is 4.74 Å². The molecule has 0 fully saturated rings. The van der Waals surface area contributed by atoms with Crippen LogP contribution in [0.3, 0.4) is 0 Å². The van der Waals surface area contributed by atoms with Gasteiger partial charge in [-0.3, -0.25) is 0 Å². The molecule has 0 aliphatic carbocycles. The molecule has 0 aliphatic rings. The van der Waals surface area contributed by atoms with Gasteiger partial charge in [-0.15, -0.1) is 0 Å². The van der Waals surface area contributed by atoms with E-state index in [1.54, 1.807) is 6.92 Å². The second-order valence-corrected chi connectivity index (χ2v) is 3.94. The Kier molecular flexibility index (Phi) is 3.63. The minimum Gasteiger partial charge on any atom is -0.465 e. The summed E-state index contributed by atoms with van der Waals surface area (Å²) in [5, 5.41) is 0. The van der Waals surface area contributed by atoms with Crippen LogP contribution in [-0.2, 0) is 4.74 Å². The maximum Gasteiger partial charge on any atom is 0.338 e. The van der Waals surface area contributed by atoms with Gasteiger partial charge in [-0.2, -0.15) is 0 Å². The SMILES string of the molecule is C=C(C)c1c(Br)cc(F)cc1C(=O)OC. The highest BCUT2D eigenvalue weighted by Crippen LogP contribution is 2.28. The molecule has 0 aliphatic heterocycles. The molecule has 0 amide bonds. The molecule has 0 bridgehead atoms. The van der Waals surface area contributed by atoms with Crippen LogP contribution in [-0.4, -0.2) is 13.1 Å². The first kappa shape index (κ1) is 11.9. The van der Waals surface area contributed by atoms with Gasteiger partial charge in [0.15, 0.2) is 0 Å². The van der Waals surface area contributed by atoms with Crippen LogP contribution in [0.2, 0.25) is 0 Å². The zero-order valence-electron chi connectivity index (χ0n) is 8.43. The molecule has 15 heavy (non-hydrogen) atoms. The van der Waals surface area contributed by atoms with Gasteiger partial charge in [0.05, 0.1) is 12.7 Å². The Bertz CT molecular complexity index is 427. The van der Waals surface area contributed by atoms with Gasteiger partial charge in [0.2, 0.25) is 0 Å². The summed E-state index contributed by atoms with van der Waals surface area (Å²) in [4.78, 5) is 11.4. The Balaban J connectivity index is 3.46. The normalized spacial score (nSPS) is 9.87. The molecule has 0 saturated carbocycles. The number of esters is 1. The number of carbonyl (C=O) groups is 1. The first-order valence-electron chi connectivity index (χ1n) is 4.20.